The molecule has 0 spiro atoms. The Balaban J connectivity index is 2.71. The van der Waals surface area contributed by atoms with Crippen LogP contribution < -0.4 is 5.73 Å². The quantitative estimate of drug-likeness (QED) is 0.478. The van der Waals surface area contributed by atoms with Gasteiger partial charge in [-0.3, -0.25) is 0 Å². The van der Waals surface area contributed by atoms with Crippen LogP contribution in [0, 0.1) is 0 Å². The first-order valence-electron chi connectivity index (χ1n) is 3.49. The molecule has 1 aliphatic rings. The Morgan fingerprint density at radius 2 is 2.36 bits per heavy atom. The van der Waals surface area contributed by atoms with Crippen molar-refractivity contribution in [2.75, 3.05) is 0 Å². The molecule has 0 aromatic rings. The van der Waals surface area contributed by atoms with Gasteiger partial charge in [-0.1, -0.05) is 0 Å². The van der Waals surface area contributed by atoms with Crippen molar-refractivity contribution < 1.29 is 15.0 Å². The highest BCUT2D eigenvalue weighted by atomic mass is 16.4. The second kappa shape index (κ2) is 3.02. The summed E-state index contributed by atoms with van der Waals surface area (Å²) in [5, 5.41) is 17.7. The number of hydrogen-bond donors (Lipinski definition) is 3. The van der Waals surface area contributed by atoms with E-state index in [4.69, 9.17) is 15.9 Å². The van der Waals surface area contributed by atoms with Gasteiger partial charge in [0.25, 0.3) is 0 Å². The first-order chi connectivity index (χ1) is 5.11. The molecule has 4 heteroatoms. The molecule has 2 unspecified atom stereocenters. The van der Waals surface area contributed by atoms with Gasteiger partial charge in [-0.25, -0.2) is 4.79 Å². The molecule has 0 aromatic heterocycles. The Labute approximate surface area is 64.3 Å². The van der Waals surface area contributed by atoms with Crippen LogP contribution in [-0.2, 0) is 4.79 Å². The molecule has 0 saturated heterocycles. The summed E-state index contributed by atoms with van der Waals surface area (Å²) in [6.45, 7) is 0. The largest absolute Gasteiger partial charge is 0.478 e. The van der Waals surface area contributed by atoms with Crippen molar-refractivity contribution in [3.63, 3.8) is 0 Å². The Bertz CT molecular complexity index is 200. The van der Waals surface area contributed by atoms with Gasteiger partial charge in [0.15, 0.2) is 0 Å². The highest BCUT2D eigenvalue weighted by molar-refractivity contribution is 5.86. The van der Waals surface area contributed by atoms with Gasteiger partial charge in [-0.05, 0) is 18.9 Å². The fourth-order valence-corrected chi connectivity index (χ4v) is 1.08. The van der Waals surface area contributed by atoms with E-state index in [9.17, 15) is 4.79 Å². The molecule has 0 aromatic carbocycles. The van der Waals surface area contributed by atoms with Crippen LogP contribution >= 0.6 is 0 Å². The Hall–Kier alpha value is -0.870. The summed E-state index contributed by atoms with van der Waals surface area (Å²) in [5.74, 6) is -0.962. The fraction of sp³-hybridized carbons (Fsp3) is 0.571. The Kier molecular flexibility index (Phi) is 2.26. The summed E-state index contributed by atoms with van der Waals surface area (Å²) in [6.07, 6.45) is 1.51. The third-order valence-electron chi connectivity index (χ3n) is 1.83. The van der Waals surface area contributed by atoms with E-state index >= 15 is 0 Å². The van der Waals surface area contributed by atoms with Gasteiger partial charge in [-0.15, -0.1) is 0 Å². The standard InChI is InChI=1S/C7H11NO3/c8-5-2-1-4(7(10)11)3-6(5)9/h3,5-6,9H,1-2,8H2,(H,10,11). The minimum atomic E-state index is -0.962. The van der Waals surface area contributed by atoms with Gasteiger partial charge in [0.05, 0.1) is 6.10 Å². The first-order valence-corrected chi connectivity index (χ1v) is 3.49. The number of carboxylic acid groups (broad SMARTS) is 1. The minimum Gasteiger partial charge on any atom is -0.478 e. The van der Waals surface area contributed by atoms with E-state index in [1.807, 2.05) is 0 Å². The molecule has 2 atom stereocenters. The van der Waals surface area contributed by atoms with Crippen molar-refractivity contribution in [1.82, 2.24) is 0 Å². The number of hydrogen-bond acceptors (Lipinski definition) is 3. The topological polar surface area (TPSA) is 83.6 Å². The number of carbonyl (C=O) groups is 1. The van der Waals surface area contributed by atoms with Crippen LogP contribution in [0.15, 0.2) is 11.6 Å². The molecule has 1 aliphatic carbocycles. The lowest BCUT2D eigenvalue weighted by Gasteiger charge is -2.21. The molecule has 0 radical (unpaired) electrons. The fourth-order valence-electron chi connectivity index (χ4n) is 1.08. The minimum absolute atomic E-state index is 0.263. The third kappa shape index (κ3) is 1.78. The summed E-state index contributed by atoms with van der Waals surface area (Å²) in [4.78, 5) is 10.4. The second-order valence-corrected chi connectivity index (χ2v) is 2.69. The van der Waals surface area contributed by atoms with Crippen molar-refractivity contribution >= 4 is 5.97 Å². The highest BCUT2D eigenvalue weighted by Crippen LogP contribution is 2.16. The van der Waals surface area contributed by atoms with E-state index in [1.165, 1.54) is 6.08 Å². The molecule has 0 heterocycles. The predicted molar refractivity (Wildman–Crippen MR) is 38.9 cm³/mol. The smallest absolute Gasteiger partial charge is 0.331 e. The molecule has 0 fully saturated rings. The maximum atomic E-state index is 10.4. The molecular formula is C7H11NO3. The van der Waals surface area contributed by atoms with E-state index in [1.54, 1.807) is 0 Å². The molecule has 4 N–H and O–H groups in total. The van der Waals surface area contributed by atoms with Crippen molar-refractivity contribution in [2.24, 2.45) is 5.73 Å². The van der Waals surface area contributed by atoms with Crippen LogP contribution in [0.2, 0.25) is 0 Å². The van der Waals surface area contributed by atoms with Gasteiger partial charge in [0, 0.05) is 11.6 Å². The summed E-state index contributed by atoms with van der Waals surface area (Å²) < 4.78 is 0. The van der Waals surface area contributed by atoms with Crippen molar-refractivity contribution in [3.8, 4) is 0 Å². The third-order valence-corrected chi connectivity index (χ3v) is 1.83. The lowest BCUT2D eigenvalue weighted by Crippen LogP contribution is -2.36. The lowest BCUT2D eigenvalue weighted by molar-refractivity contribution is -0.133. The molecule has 0 aliphatic heterocycles. The van der Waals surface area contributed by atoms with E-state index in [2.05, 4.69) is 0 Å². The first kappa shape index (κ1) is 8.23. The lowest BCUT2D eigenvalue weighted by atomic mass is 9.94. The van der Waals surface area contributed by atoms with E-state index < -0.39 is 12.1 Å². The van der Waals surface area contributed by atoms with E-state index in [0.717, 1.165) is 0 Å². The number of aliphatic hydroxyl groups is 1. The number of aliphatic carboxylic acids is 1. The van der Waals surface area contributed by atoms with Crippen LogP contribution in [0.1, 0.15) is 12.8 Å². The molecule has 62 valence electrons. The van der Waals surface area contributed by atoms with Crippen molar-refractivity contribution in [1.29, 1.82) is 0 Å². The number of rotatable bonds is 1. The van der Waals surface area contributed by atoms with Gasteiger partial charge >= 0.3 is 5.97 Å². The van der Waals surface area contributed by atoms with Crippen molar-refractivity contribution in [2.45, 2.75) is 25.0 Å². The van der Waals surface area contributed by atoms with Crippen molar-refractivity contribution in [3.05, 3.63) is 11.6 Å². The van der Waals surface area contributed by atoms with Gasteiger partial charge in [-0.2, -0.15) is 0 Å². The van der Waals surface area contributed by atoms with Crippen LogP contribution in [0.3, 0.4) is 0 Å². The predicted octanol–water partition coefficient (Wildman–Crippen LogP) is -0.521. The van der Waals surface area contributed by atoms with Crippen LogP contribution in [-0.4, -0.2) is 28.3 Å². The Morgan fingerprint density at radius 1 is 1.73 bits per heavy atom. The number of aliphatic hydroxyl groups excluding tert-OH is 1. The van der Waals surface area contributed by atoms with Gasteiger partial charge in [0.1, 0.15) is 0 Å². The van der Waals surface area contributed by atoms with E-state index in [-0.39, 0.29) is 11.6 Å². The highest BCUT2D eigenvalue weighted by Gasteiger charge is 2.21. The van der Waals surface area contributed by atoms with Crippen LogP contribution in [0.4, 0.5) is 0 Å². The zero-order valence-electron chi connectivity index (χ0n) is 6.03. The average molecular weight is 157 g/mol. The molecule has 4 nitrogen and oxygen atoms in total. The SMILES string of the molecule is NC1CCC(C(=O)O)=CC1O. The van der Waals surface area contributed by atoms with Crippen LogP contribution in [0.25, 0.3) is 0 Å². The molecule has 1 rings (SSSR count). The monoisotopic (exact) mass is 157 g/mol. The second-order valence-electron chi connectivity index (χ2n) is 2.69. The molecule has 0 bridgehead atoms. The molecule has 0 amide bonds. The number of nitrogens with two attached hydrogens (primary N) is 1. The average Bonchev–Trinajstić information content (AvgIpc) is 1.94. The molecule has 11 heavy (non-hydrogen) atoms. The van der Waals surface area contributed by atoms with Crippen LogP contribution in [0.5, 0.6) is 0 Å². The summed E-state index contributed by atoms with van der Waals surface area (Å²) >= 11 is 0. The van der Waals surface area contributed by atoms with E-state index in [0.29, 0.717) is 12.8 Å². The maximum Gasteiger partial charge on any atom is 0.331 e. The number of carboxylic acids is 1. The molecular weight excluding hydrogens is 146 g/mol. The van der Waals surface area contributed by atoms with Gasteiger partial charge < -0.3 is 15.9 Å². The van der Waals surface area contributed by atoms with Gasteiger partial charge in [0.2, 0.25) is 0 Å². The maximum absolute atomic E-state index is 10.4. The zero-order chi connectivity index (χ0) is 8.43. The Morgan fingerprint density at radius 3 is 2.82 bits per heavy atom. The summed E-state index contributed by atoms with van der Waals surface area (Å²) in [5.41, 5.74) is 5.72. The normalized spacial score (nSPS) is 31.3. The summed E-state index contributed by atoms with van der Waals surface area (Å²) in [7, 11) is 0. The zero-order valence-corrected chi connectivity index (χ0v) is 6.03. The summed E-state index contributed by atoms with van der Waals surface area (Å²) in [6, 6.07) is -0.307. The molecule has 0 saturated carbocycles.